The van der Waals surface area contributed by atoms with Crippen molar-refractivity contribution in [2.45, 2.75) is 76.8 Å². The summed E-state index contributed by atoms with van der Waals surface area (Å²) in [5.41, 5.74) is 7.00. The molecule has 0 unspecified atom stereocenters. The van der Waals surface area contributed by atoms with E-state index < -0.39 is 10.1 Å². The number of nitrogens with two attached hydrogens (primary N) is 1. The molecule has 0 atom stereocenters. The number of hydrogen-bond donors (Lipinski definition) is 3. The summed E-state index contributed by atoms with van der Waals surface area (Å²) < 4.78 is 31.9. The summed E-state index contributed by atoms with van der Waals surface area (Å²) in [6.45, 7) is 11.0. The fraction of sp³-hybridized carbons (Fsp3) is 0.500. The van der Waals surface area contributed by atoms with E-state index in [4.69, 9.17) is 9.92 Å². The fourth-order valence-corrected chi connectivity index (χ4v) is 6.16. The molecule has 11 heteroatoms. The number of nitrogens with zero attached hydrogens (tertiary/aromatic N) is 2. The van der Waals surface area contributed by atoms with Crippen molar-refractivity contribution in [3.8, 4) is 5.75 Å². The van der Waals surface area contributed by atoms with Gasteiger partial charge in [0.2, 0.25) is 5.91 Å². The van der Waals surface area contributed by atoms with Crippen molar-refractivity contribution >= 4 is 48.4 Å². The number of carbonyl (C=O) groups excluding carboxylic acids is 1. The van der Waals surface area contributed by atoms with Crippen molar-refractivity contribution < 1.29 is 17.4 Å². The Balaban J connectivity index is 1.56. The largest absolute Gasteiger partial charge is 0.384 e. The topological polar surface area (TPSA) is 127 Å². The zero-order chi connectivity index (χ0) is 28.4. The molecule has 0 aliphatic rings. The van der Waals surface area contributed by atoms with Crippen LogP contribution in [0.2, 0.25) is 0 Å². The van der Waals surface area contributed by atoms with Gasteiger partial charge in [0.15, 0.2) is 5.13 Å². The molecule has 4 N–H and O–H groups in total. The van der Waals surface area contributed by atoms with Gasteiger partial charge in [-0.1, -0.05) is 24.2 Å². The molecule has 214 valence electrons. The molecule has 1 amide bonds. The summed E-state index contributed by atoms with van der Waals surface area (Å²) in [7, 11) is -4.01. The van der Waals surface area contributed by atoms with Gasteiger partial charge in [-0.3, -0.25) is 9.69 Å². The summed E-state index contributed by atoms with van der Waals surface area (Å²) in [5.74, 6) is 0.101. The summed E-state index contributed by atoms with van der Waals surface area (Å²) in [4.78, 5) is 19.1. The molecule has 0 bridgehead atoms. The minimum Gasteiger partial charge on any atom is -0.384 e. The van der Waals surface area contributed by atoms with Gasteiger partial charge in [-0.05, 0) is 83.5 Å². The number of benzene rings is 2. The Labute approximate surface area is 236 Å². The van der Waals surface area contributed by atoms with E-state index in [1.165, 1.54) is 23.5 Å². The monoisotopic (exact) mass is 575 g/mol. The SMILES string of the molecule is CC(C)N(CCNc1ccc(S(=O)(=O)Oc2ccc3nc(NC(=O)CCCCCCN)sc3c2)cc1)C(C)C. The number of carbonyl (C=O) groups is 1. The van der Waals surface area contributed by atoms with Crippen LogP contribution in [-0.2, 0) is 14.9 Å². The lowest BCUT2D eigenvalue weighted by Gasteiger charge is -2.30. The molecule has 0 aliphatic heterocycles. The first-order valence-electron chi connectivity index (χ1n) is 13.5. The number of aromatic nitrogens is 1. The lowest BCUT2D eigenvalue weighted by Crippen LogP contribution is -2.40. The lowest BCUT2D eigenvalue weighted by atomic mass is 10.1. The number of fused-ring (bicyclic) bond motifs is 1. The number of rotatable bonds is 16. The third-order valence-electron chi connectivity index (χ3n) is 6.34. The second-order valence-corrected chi connectivity index (χ2v) is 12.6. The average Bonchev–Trinajstić information content (AvgIpc) is 3.27. The zero-order valence-corrected chi connectivity index (χ0v) is 24.9. The highest BCUT2D eigenvalue weighted by atomic mass is 32.2. The van der Waals surface area contributed by atoms with Crippen LogP contribution < -0.4 is 20.6 Å². The predicted octanol–water partition coefficient (Wildman–Crippen LogP) is 5.44. The van der Waals surface area contributed by atoms with Crippen LogP contribution in [0.15, 0.2) is 47.4 Å². The van der Waals surface area contributed by atoms with E-state index in [1.807, 2.05) is 0 Å². The summed E-state index contributed by atoms with van der Waals surface area (Å²) >= 11 is 1.28. The maximum absolute atomic E-state index is 12.9. The van der Waals surface area contributed by atoms with Crippen LogP contribution in [0.3, 0.4) is 0 Å². The summed E-state index contributed by atoms with van der Waals surface area (Å²) in [6, 6.07) is 12.3. The molecule has 3 rings (SSSR count). The van der Waals surface area contributed by atoms with Crippen LogP contribution in [0, 0.1) is 0 Å². The standard InChI is InChI=1S/C28H41N5O4S2/c1-20(2)33(21(3)4)18-17-30-22-10-13-24(14-11-22)39(35,36)37-23-12-15-25-26(19-23)38-28(31-25)32-27(34)9-7-5-6-8-16-29/h10-15,19-21,30H,5-9,16-18,29H2,1-4H3,(H,31,32,34). The van der Waals surface area contributed by atoms with Gasteiger partial charge in [0, 0.05) is 43.3 Å². The van der Waals surface area contributed by atoms with E-state index in [1.54, 1.807) is 30.3 Å². The molecule has 0 fully saturated rings. The van der Waals surface area contributed by atoms with Crippen molar-refractivity contribution in [1.82, 2.24) is 9.88 Å². The van der Waals surface area contributed by atoms with Gasteiger partial charge in [0.25, 0.3) is 0 Å². The smallest absolute Gasteiger partial charge is 0.339 e. The maximum Gasteiger partial charge on any atom is 0.339 e. The molecular weight excluding hydrogens is 534 g/mol. The van der Waals surface area contributed by atoms with E-state index in [9.17, 15) is 13.2 Å². The Morgan fingerprint density at radius 1 is 1.03 bits per heavy atom. The van der Waals surface area contributed by atoms with E-state index in [0.29, 0.717) is 35.7 Å². The normalized spacial score (nSPS) is 12.0. The number of anilines is 2. The van der Waals surface area contributed by atoms with E-state index in [-0.39, 0.29) is 16.6 Å². The van der Waals surface area contributed by atoms with Gasteiger partial charge in [-0.2, -0.15) is 8.42 Å². The van der Waals surface area contributed by atoms with Gasteiger partial charge in [-0.25, -0.2) is 4.98 Å². The van der Waals surface area contributed by atoms with E-state index in [0.717, 1.165) is 49.2 Å². The van der Waals surface area contributed by atoms with Crippen LogP contribution in [-0.4, -0.2) is 55.9 Å². The minimum atomic E-state index is -4.01. The minimum absolute atomic E-state index is 0.0721. The molecule has 0 radical (unpaired) electrons. The number of thiazole rings is 1. The maximum atomic E-state index is 12.9. The zero-order valence-electron chi connectivity index (χ0n) is 23.3. The second-order valence-electron chi connectivity index (χ2n) is 10.1. The molecule has 9 nitrogen and oxygen atoms in total. The third-order valence-corrected chi connectivity index (χ3v) is 8.53. The highest BCUT2D eigenvalue weighted by Crippen LogP contribution is 2.31. The number of unbranched alkanes of at least 4 members (excludes halogenated alkanes) is 3. The van der Waals surface area contributed by atoms with Crippen LogP contribution in [0.4, 0.5) is 10.8 Å². The first-order valence-corrected chi connectivity index (χ1v) is 15.8. The van der Waals surface area contributed by atoms with E-state index >= 15 is 0 Å². The second kappa shape index (κ2) is 14.6. The number of hydrogen-bond acceptors (Lipinski definition) is 9. The van der Waals surface area contributed by atoms with Crippen molar-refractivity contribution in [2.75, 3.05) is 30.3 Å². The number of nitrogens with one attached hydrogen (secondary N) is 2. The first kappa shape index (κ1) is 30.8. The number of amides is 1. The molecule has 0 saturated carbocycles. The Kier molecular flexibility index (Phi) is 11.5. The average molecular weight is 576 g/mol. The van der Waals surface area contributed by atoms with Crippen LogP contribution in [0.5, 0.6) is 5.75 Å². The van der Waals surface area contributed by atoms with Crippen LogP contribution in [0.25, 0.3) is 10.2 Å². The molecular formula is C28H41N5O4S2. The Morgan fingerprint density at radius 2 is 1.72 bits per heavy atom. The first-order chi connectivity index (χ1) is 18.6. The quantitative estimate of drug-likeness (QED) is 0.152. The van der Waals surface area contributed by atoms with Gasteiger partial charge >= 0.3 is 10.1 Å². The Bertz CT molecular complexity index is 1300. The molecule has 0 saturated heterocycles. The van der Waals surface area contributed by atoms with Gasteiger partial charge < -0.3 is 20.6 Å². The Morgan fingerprint density at radius 3 is 2.38 bits per heavy atom. The van der Waals surface area contributed by atoms with Gasteiger partial charge in [-0.15, -0.1) is 0 Å². The van der Waals surface area contributed by atoms with Crippen molar-refractivity contribution in [3.63, 3.8) is 0 Å². The van der Waals surface area contributed by atoms with Crippen LogP contribution >= 0.6 is 11.3 Å². The third kappa shape index (κ3) is 9.45. The molecule has 1 aromatic heterocycles. The highest BCUT2D eigenvalue weighted by molar-refractivity contribution is 7.87. The van der Waals surface area contributed by atoms with Crippen molar-refractivity contribution in [1.29, 1.82) is 0 Å². The predicted molar refractivity (Wildman–Crippen MR) is 160 cm³/mol. The van der Waals surface area contributed by atoms with Gasteiger partial charge in [0.05, 0.1) is 10.2 Å². The molecule has 3 aromatic rings. The van der Waals surface area contributed by atoms with Gasteiger partial charge in [0.1, 0.15) is 10.6 Å². The van der Waals surface area contributed by atoms with Crippen LogP contribution in [0.1, 0.15) is 59.8 Å². The highest BCUT2D eigenvalue weighted by Gasteiger charge is 2.18. The van der Waals surface area contributed by atoms with E-state index in [2.05, 4.69) is 48.2 Å². The fourth-order valence-electron chi connectivity index (χ4n) is 4.33. The Hall–Kier alpha value is -2.73. The molecule has 2 aromatic carbocycles. The summed E-state index contributed by atoms with van der Waals surface area (Å²) in [5, 5.41) is 6.66. The lowest BCUT2D eigenvalue weighted by molar-refractivity contribution is -0.116. The molecule has 0 spiro atoms. The molecule has 0 aliphatic carbocycles. The van der Waals surface area contributed by atoms with Crippen molar-refractivity contribution in [3.05, 3.63) is 42.5 Å². The van der Waals surface area contributed by atoms with Crippen molar-refractivity contribution in [2.24, 2.45) is 5.73 Å². The summed E-state index contributed by atoms with van der Waals surface area (Å²) in [6.07, 6.45) is 4.19. The molecule has 39 heavy (non-hydrogen) atoms. The molecule has 1 heterocycles.